The Kier molecular flexibility index (Phi) is 3.12. The summed E-state index contributed by atoms with van der Waals surface area (Å²) in [6.07, 6.45) is 0. The highest BCUT2D eigenvalue weighted by Crippen LogP contribution is 2.26. The molecule has 2 N–H and O–H groups in total. The van der Waals surface area contributed by atoms with Crippen LogP contribution in [0.1, 0.15) is 15.4 Å². The van der Waals surface area contributed by atoms with Gasteiger partial charge < -0.3 is 10.4 Å². The summed E-state index contributed by atoms with van der Waals surface area (Å²) in [6, 6.07) is 12.7. The Morgan fingerprint density at radius 3 is 2.80 bits per heavy atom. The molecule has 1 amide bonds. The average Bonchev–Trinajstić information content (AvgIpc) is 2.86. The van der Waals surface area contributed by atoms with E-state index in [-0.39, 0.29) is 11.7 Å². The molecule has 1 aromatic heterocycles. The van der Waals surface area contributed by atoms with Gasteiger partial charge in [0.15, 0.2) is 5.01 Å². The SMILES string of the molecule is Cc1ccc(NC(=O)c2nc3ccccc3s2)c(O)c1. The van der Waals surface area contributed by atoms with Crippen molar-refractivity contribution < 1.29 is 9.90 Å². The van der Waals surface area contributed by atoms with Gasteiger partial charge in [-0.05, 0) is 36.8 Å². The summed E-state index contributed by atoms with van der Waals surface area (Å²) in [7, 11) is 0. The lowest BCUT2D eigenvalue weighted by molar-refractivity contribution is 0.102. The van der Waals surface area contributed by atoms with Crippen molar-refractivity contribution in [3.8, 4) is 5.75 Å². The molecule has 0 aliphatic heterocycles. The van der Waals surface area contributed by atoms with Gasteiger partial charge in [-0.2, -0.15) is 0 Å². The first kappa shape index (κ1) is 12.6. The summed E-state index contributed by atoms with van der Waals surface area (Å²) in [5.41, 5.74) is 2.12. The first-order valence-corrected chi connectivity index (χ1v) is 6.92. The maximum Gasteiger partial charge on any atom is 0.284 e. The quantitative estimate of drug-likeness (QED) is 0.707. The minimum atomic E-state index is -0.314. The number of nitrogens with one attached hydrogen (secondary N) is 1. The molecule has 3 rings (SSSR count). The molecular weight excluding hydrogens is 272 g/mol. The zero-order valence-corrected chi connectivity index (χ0v) is 11.6. The Labute approximate surface area is 119 Å². The topological polar surface area (TPSA) is 62.2 Å². The zero-order valence-electron chi connectivity index (χ0n) is 10.8. The normalized spacial score (nSPS) is 10.7. The number of amides is 1. The second kappa shape index (κ2) is 4.94. The molecule has 0 atom stereocenters. The lowest BCUT2D eigenvalue weighted by atomic mass is 10.2. The van der Waals surface area contributed by atoms with E-state index in [1.807, 2.05) is 37.3 Å². The van der Waals surface area contributed by atoms with Crippen LogP contribution in [0.5, 0.6) is 5.75 Å². The van der Waals surface area contributed by atoms with Crippen LogP contribution < -0.4 is 5.32 Å². The summed E-state index contributed by atoms with van der Waals surface area (Å²) in [5.74, 6) is -0.259. The standard InChI is InChI=1S/C15H12N2O2S/c1-9-6-7-10(12(18)8-9)16-14(19)15-17-11-4-2-3-5-13(11)20-15/h2-8,18H,1H3,(H,16,19). The van der Waals surface area contributed by atoms with Gasteiger partial charge in [-0.15, -0.1) is 11.3 Å². The monoisotopic (exact) mass is 284 g/mol. The third-order valence-electron chi connectivity index (χ3n) is 2.89. The summed E-state index contributed by atoms with van der Waals surface area (Å²) < 4.78 is 0.964. The predicted molar refractivity (Wildman–Crippen MR) is 80.4 cm³/mol. The number of carbonyl (C=O) groups is 1. The summed E-state index contributed by atoms with van der Waals surface area (Å²) >= 11 is 1.33. The smallest absolute Gasteiger partial charge is 0.284 e. The number of rotatable bonds is 2. The third kappa shape index (κ3) is 2.35. The van der Waals surface area contributed by atoms with Crippen LogP contribution in [-0.2, 0) is 0 Å². The number of benzene rings is 2. The van der Waals surface area contributed by atoms with Crippen molar-refractivity contribution in [3.63, 3.8) is 0 Å². The highest BCUT2D eigenvalue weighted by molar-refractivity contribution is 7.20. The van der Waals surface area contributed by atoms with Gasteiger partial charge in [0.25, 0.3) is 5.91 Å². The summed E-state index contributed by atoms with van der Waals surface area (Å²) in [5, 5.41) is 12.8. The third-order valence-corrected chi connectivity index (χ3v) is 3.92. The first-order chi connectivity index (χ1) is 9.63. The molecule has 0 saturated heterocycles. The van der Waals surface area contributed by atoms with E-state index in [0.717, 1.165) is 15.8 Å². The molecule has 2 aromatic carbocycles. The number of nitrogens with zero attached hydrogens (tertiary/aromatic N) is 1. The number of thiazole rings is 1. The molecule has 0 saturated carbocycles. The molecule has 0 unspecified atom stereocenters. The molecular formula is C15H12N2O2S. The van der Waals surface area contributed by atoms with E-state index in [2.05, 4.69) is 10.3 Å². The molecule has 100 valence electrons. The van der Waals surface area contributed by atoms with E-state index >= 15 is 0 Å². The number of phenolic OH excluding ortho intramolecular Hbond substituents is 1. The van der Waals surface area contributed by atoms with Crippen LogP contribution in [-0.4, -0.2) is 16.0 Å². The second-order valence-corrected chi connectivity index (χ2v) is 5.49. The Balaban J connectivity index is 1.89. The Bertz CT molecular complexity index is 762. The minimum Gasteiger partial charge on any atom is -0.506 e. The number of anilines is 1. The van der Waals surface area contributed by atoms with E-state index in [4.69, 9.17) is 0 Å². The minimum absolute atomic E-state index is 0.0551. The van der Waals surface area contributed by atoms with Crippen LogP contribution in [0.25, 0.3) is 10.2 Å². The molecule has 1 heterocycles. The van der Waals surface area contributed by atoms with Gasteiger partial charge >= 0.3 is 0 Å². The van der Waals surface area contributed by atoms with Crippen LogP contribution in [0.15, 0.2) is 42.5 Å². The Hall–Kier alpha value is -2.40. The number of aromatic hydroxyl groups is 1. The summed E-state index contributed by atoms with van der Waals surface area (Å²) in [4.78, 5) is 16.4. The van der Waals surface area contributed by atoms with Crippen molar-refractivity contribution >= 4 is 33.1 Å². The van der Waals surface area contributed by atoms with Crippen molar-refractivity contribution in [2.24, 2.45) is 0 Å². The van der Waals surface area contributed by atoms with Crippen LogP contribution in [0.4, 0.5) is 5.69 Å². The van der Waals surface area contributed by atoms with Crippen molar-refractivity contribution in [1.29, 1.82) is 0 Å². The maximum atomic E-state index is 12.1. The molecule has 0 aliphatic rings. The fourth-order valence-electron chi connectivity index (χ4n) is 1.89. The van der Waals surface area contributed by atoms with Gasteiger partial charge in [-0.3, -0.25) is 4.79 Å². The number of hydrogen-bond acceptors (Lipinski definition) is 4. The van der Waals surface area contributed by atoms with Gasteiger partial charge in [-0.25, -0.2) is 4.98 Å². The molecule has 5 heteroatoms. The van der Waals surface area contributed by atoms with Gasteiger partial charge in [0.05, 0.1) is 15.9 Å². The number of aromatic nitrogens is 1. The first-order valence-electron chi connectivity index (χ1n) is 6.10. The van der Waals surface area contributed by atoms with E-state index in [0.29, 0.717) is 10.7 Å². The van der Waals surface area contributed by atoms with Crippen LogP contribution in [0.3, 0.4) is 0 Å². The van der Waals surface area contributed by atoms with Crippen molar-refractivity contribution in [2.75, 3.05) is 5.32 Å². The number of phenols is 1. The molecule has 0 spiro atoms. The van der Waals surface area contributed by atoms with Crippen molar-refractivity contribution in [1.82, 2.24) is 4.98 Å². The van der Waals surface area contributed by atoms with Crippen LogP contribution in [0.2, 0.25) is 0 Å². The lowest BCUT2D eigenvalue weighted by Gasteiger charge is -2.06. The fourth-order valence-corrected chi connectivity index (χ4v) is 2.75. The summed E-state index contributed by atoms with van der Waals surface area (Å²) in [6.45, 7) is 1.87. The second-order valence-electron chi connectivity index (χ2n) is 4.46. The molecule has 0 radical (unpaired) electrons. The van der Waals surface area contributed by atoms with E-state index in [1.165, 1.54) is 11.3 Å². The molecule has 3 aromatic rings. The number of aryl methyl sites for hydroxylation is 1. The van der Waals surface area contributed by atoms with E-state index in [1.54, 1.807) is 12.1 Å². The molecule has 4 nitrogen and oxygen atoms in total. The number of carbonyl (C=O) groups excluding carboxylic acids is 1. The van der Waals surface area contributed by atoms with Crippen molar-refractivity contribution in [2.45, 2.75) is 6.92 Å². The Morgan fingerprint density at radius 2 is 2.05 bits per heavy atom. The molecule has 0 fully saturated rings. The zero-order chi connectivity index (χ0) is 14.1. The van der Waals surface area contributed by atoms with Gasteiger partial charge in [0.2, 0.25) is 0 Å². The van der Waals surface area contributed by atoms with Crippen LogP contribution >= 0.6 is 11.3 Å². The average molecular weight is 284 g/mol. The van der Waals surface area contributed by atoms with Gasteiger partial charge in [-0.1, -0.05) is 18.2 Å². The van der Waals surface area contributed by atoms with E-state index < -0.39 is 0 Å². The van der Waals surface area contributed by atoms with Gasteiger partial charge in [0.1, 0.15) is 5.75 Å². The van der Waals surface area contributed by atoms with E-state index in [9.17, 15) is 9.90 Å². The predicted octanol–water partition coefficient (Wildman–Crippen LogP) is 3.56. The fraction of sp³-hybridized carbons (Fsp3) is 0.0667. The van der Waals surface area contributed by atoms with Gasteiger partial charge in [0, 0.05) is 0 Å². The lowest BCUT2D eigenvalue weighted by Crippen LogP contribution is -2.11. The number of fused-ring (bicyclic) bond motifs is 1. The maximum absolute atomic E-state index is 12.1. The number of para-hydroxylation sites is 1. The number of hydrogen-bond donors (Lipinski definition) is 2. The molecule has 0 bridgehead atoms. The highest BCUT2D eigenvalue weighted by Gasteiger charge is 2.13. The molecule has 0 aliphatic carbocycles. The largest absolute Gasteiger partial charge is 0.506 e. The Morgan fingerprint density at radius 1 is 1.25 bits per heavy atom. The van der Waals surface area contributed by atoms with Crippen LogP contribution in [0, 0.1) is 6.92 Å². The van der Waals surface area contributed by atoms with Crippen molar-refractivity contribution in [3.05, 3.63) is 53.0 Å². The molecule has 20 heavy (non-hydrogen) atoms. The highest BCUT2D eigenvalue weighted by atomic mass is 32.1.